The number of nitrogens with one attached hydrogen (secondary N) is 1. The number of hydrogen-bond donors (Lipinski definition) is 2. The summed E-state index contributed by atoms with van der Waals surface area (Å²) in [7, 11) is 0. The Labute approximate surface area is 123 Å². The van der Waals surface area contributed by atoms with E-state index in [0.717, 1.165) is 5.56 Å². The first kappa shape index (κ1) is 13.7. The average Bonchev–Trinajstić information content (AvgIpc) is 2.77. The van der Waals surface area contributed by atoms with Gasteiger partial charge in [-0.1, -0.05) is 44.2 Å². The van der Waals surface area contributed by atoms with Crippen LogP contribution in [0.3, 0.4) is 0 Å². The van der Waals surface area contributed by atoms with Gasteiger partial charge in [0.25, 0.3) is 5.91 Å². The molecule has 1 fully saturated rings. The maximum atomic E-state index is 12.6. The van der Waals surface area contributed by atoms with Crippen molar-refractivity contribution in [2.45, 2.75) is 26.8 Å². The molecule has 1 aliphatic rings. The number of carbonyl (C=O) groups is 1. The van der Waals surface area contributed by atoms with Crippen molar-refractivity contribution in [1.29, 1.82) is 0 Å². The molecule has 110 valence electrons. The molecule has 1 unspecified atom stereocenters. The Balaban J connectivity index is 1.93. The lowest BCUT2D eigenvalue weighted by Crippen LogP contribution is -2.57. The van der Waals surface area contributed by atoms with E-state index in [1.54, 1.807) is 11.8 Å². The summed E-state index contributed by atoms with van der Waals surface area (Å²) in [6.07, 6.45) is 0. The number of rotatable bonds is 2. The first-order chi connectivity index (χ1) is 9.92. The van der Waals surface area contributed by atoms with E-state index >= 15 is 0 Å². The number of benzene rings is 1. The van der Waals surface area contributed by atoms with E-state index in [2.05, 4.69) is 24.0 Å². The molecule has 1 atom stereocenters. The number of aromatic amines is 1. The van der Waals surface area contributed by atoms with Gasteiger partial charge in [0.2, 0.25) is 0 Å². The predicted octanol–water partition coefficient (Wildman–Crippen LogP) is 2.65. The summed E-state index contributed by atoms with van der Waals surface area (Å²) in [6, 6.07) is 9.99. The third kappa shape index (κ3) is 2.09. The smallest absolute Gasteiger partial charge is 0.276 e. The van der Waals surface area contributed by atoms with Crippen molar-refractivity contribution >= 4 is 5.91 Å². The second-order valence-electron chi connectivity index (χ2n) is 6.27. The molecule has 1 saturated heterocycles. The van der Waals surface area contributed by atoms with Gasteiger partial charge in [0.05, 0.1) is 6.04 Å². The van der Waals surface area contributed by atoms with Crippen LogP contribution in [0.1, 0.15) is 41.6 Å². The number of likely N-dealkylation sites (tertiary alicyclic amines) is 1. The molecule has 5 nitrogen and oxygen atoms in total. The van der Waals surface area contributed by atoms with Crippen molar-refractivity contribution in [1.82, 2.24) is 15.1 Å². The van der Waals surface area contributed by atoms with Crippen molar-refractivity contribution in [2.24, 2.45) is 5.41 Å². The molecule has 0 bridgehead atoms. The highest BCUT2D eigenvalue weighted by Crippen LogP contribution is 2.49. The molecule has 2 N–H and O–H groups in total. The van der Waals surface area contributed by atoms with Gasteiger partial charge in [0.15, 0.2) is 11.4 Å². The number of nitrogens with zero attached hydrogens (tertiary/aromatic N) is 2. The Morgan fingerprint density at radius 2 is 2.05 bits per heavy atom. The SMILES string of the molecule is Cc1n[nH]c(C(=O)N2CC(C)(C)C2c2ccccc2)c1O. The van der Waals surface area contributed by atoms with Crippen LogP contribution in [0.15, 0.2) is 30.3 Å². The minimum Gasteiger partial charge on any atom is -0.504 e. The van der Waals surface area contributed by atoms with Crippen LogP contribution in [-0.4, -0.2) is 32.7 Å². The zero-order valence-corrected chi connectivity index (χ0v) is 12.4. The largest absolute Gasteiger partial charge is 0.504 e. The molecule has 1 aromatic heterocycles. The van der Waals surface area contributed by atoms with E-state index in [1.807, 2.05) is 30.3 Å². The van der Waals surface area contributed by atoms with Gasteiger partial charge in [-0.25, -0.2) is 0 Å². The van der Waals surface area contributed by atoms with E-state index in [1.165, 1.54) is 0 Å². The van der Waals surface area contributed by atoms with Crippen molar-refractivity contribution < 1.29 is 9.90 Å². The number of aryl methyl sites for hydroxylation is 1. The molecule has 3 rings (SSSR count). The number of aromatic hydroxyl groups is 1. The van der Waals surface area contributed by atoms with Gasteiger partial charge >= 0.3 is 0 Å². The molecule has 0 radical (unpaired) electrons. The second-order valence-corrected chi connectivity index (χ2v) is 6.27. The van der Waals surface area contributed by atoms with Gasteiger partial charge < -0.3 is 10.0 Å². The summed E-state index contributed by atoms with van der Waals surface area (Å²) in [5, 5.41) is 16.4. The third-order valence-corrected chi connectivity index (χ3v) is 4.13. The van der Waals surface area contributed by atoms with Crippen LogP contribution in [0.5, 0.6) is 5.75 Å². The second kappa shape index (κ2) is 4.62. The maximum absolute atomic E-state index is 12.6. The van der Waals surface area contributed by atoms with Crippen molar-refractivity contribution in [3.8, 4) is 5.75 Å². The van der Waals surface area contributed by atoms with Crippen LogP contribution in [0.25, 0.3) is 0 Å². The molecule has 0 aliphatic carbocycles. The summed E-state index contributed by atoms with van der Waals surface area (Å²) in [5.74, 6) is -0.266. The highest BCUT2D eigenvalue weighted by Gasteiger charge is 2.49. The molecular formula is C16H19N3O2. The van der Waals surface area contributed by atoms with Crippen molar-refractivity contribution in [3.63, 3.8) is 0 Å². The average molecular weight is 285 g/mol. The molecule has 21 heavy (non-hydrogen) atoms. The monoisotopic (exact) mass is 285 g/mol. The Kier molecular flexibility index (Phi) is 3.01. The minimum absolute atomic E-state index is 0.00852. The Morgan fingerprint density at radius 3 is 2.57 bits per heavy atom. The Morgan fingerprint density at radius 1 is 1.38 bits per heavy atom. The van der Waals surface area contributed by atoms with Crippen LogP contribution in [0.4, 0.5) is 0 Å². The highest BCUT2D eigenvalue weighted by atomic mass is 16.3. The number of H-pyrrole nitrogens is 1. The van der Waals surface area contributed by atoms with Crippen molar-refractivity contribution in [3.05, 3.63) is 47.3 Å². The normalized spacial score (nSPS) is 20.1. The van der Waals surface area contributed by atoms with E-state index in [9.17, 15) is 9.90 Å². The van der Waals surface area contributed by atoms with Gasteiger partial charge in [0, 0.05) is 12.0 Å². The van der Waals surface area contributed by atoms with Gasteiger partial charge in [-0.15, -0.1) is 0 Å². The number of carbonyl (C=O) groups excluding carboxylic acids is 1. The number of aromatic nitrogens is 2. The third-order valence-electron chi connectivity index (χ3n) is 4.13. The lowest BCUT2D eigenvalue weighted by atomic mass is 9.71. The Bertz CT molecular complexity index is 676. The maximum Gasteiger partial charge on any atom is 0.276 e. The van der Waals surface area contributed by atoms with Gasteiger partial charge in [-0.2, -0.15) is 5.10 Å². The quantitative estimate of drug-likeness (QED) is 0.891. The molecule has 2 aromatic rings. The summed E-state index contributed by atoms with van der Waals surface area (Å²) in [6.45, 7) is 6.61. The van der Waals surface area contributed by atoms with E-state index in [-0.39, 0.29) is 28.8 Å². The lowest BCUT2D eigenvalue weighted by molar-refractivity contribution is -0.0328. The summed E-state index contributed by atoms with van der Waals surface area (Å²) in [4.78, 5) is 14.4. The van der Waals surface area contributed by atoms with Crippen LogP contribution in [0, 0.1) is 12.3 Å². The molecule has 2 heterocycles. The van der Waals surface area contributed by atoms with Crippen LogP contribution >= 0.6 is 0 Å². The van der Waals surface area contributed by atoms with E-state index in [0.29, 0.717) is 12.2 Å². The number of amides is 1. The zero-order chi connectivity index (χ0) is 15.2. The van der Waals surface area contributed by atoms with Crippen LogP contribution < -0.4 is 0 Å². The molecule has 1 aromatic carbocycles. The number of hydrogen-bond acceptors (Lipinski definition) is 3. The molecule has 1 amide bonds. The first-order valence-electron chi connectivity index (χ1n) is 7.01. The highest BCUT2D eigenvalue weighted by molar-refractivity contribution is 5.96. The lowest BCUT2D eigenvalue weighted by Gasteiger charge is -2.54. The van der Waals surface area contributed by atoms with Crippen molar-refractivity contribution in [2.75, 3.05) is 6.54 Å². The summed E-state index contributed by atoms with van der Waals surface area (Å²) >= 11 is 0. The van der Waals surface area contributed by atoms with Crippen LogP contribution in [0.2, 0.25) is 0 Å². The van der Waals surface area contributed by atoms with Crippen LogP contribution in [-0.2, 0) is 0 Å². The minimum atomic E-state index is -0.207. The molecule has 5 heteroatoms. The fourth-order valence-electron chi connectivity index (χ4n) is 3.10. The van der Waals surface area contributed by atoms with E-state index < -0.39 is 0 Å². The van der Waals surface area contributed by atoms with Gasteiger partial charge in [0.1, 0.15) is 5.69 Å². The first-order valence-corrected chi connectivity index (χ1v) is 7.01. The summed E-state index contributed by atoms with van der Waals surface area (Å²) < 4.78 is 0. The predicted molar refractivity (Wildman–Crippen MR) is 79.0 cm³/mol. The zero-order valence-electron chi connectivity index (χ0n) is 12.4. The summed E-state index contributed by atoms with van der Waals surface area (Å²) in [5.41, 5.74) is 1.73. The van der Waals surface area contributed by atoms with E-state index in [4.69, 9.17) is 0 Å². The molecular weight excluding hydrogens is 266 g/mol. The molecule has 0 saturated carbocycles. The van der Waals surface area contributed by atoms with Gasteiger partial charge in [-0.3, -0.25) is 9.89 Å². The topological polar surface area (TPSA) is 69.2 Å². The van der Waals surface area contributed by atoms with Gasteiger partial charge in [-0.05, 0) is 12.5 Å². The fraction of sp³-hybridized carbons (Fsp3) is 0.375. The standard InChI is InChI=1S/C16H19N3O2/c1-10-13(20)12(18-17-10)15(21)19-9-16(2,3)14(19)11-7-5-4-6-8-11/h4-8,14,20H,9H2,1-3H3,(H,17,18). The molecule has 1 aliphatic heterocycles. The molecule has 0 spiro atoms. The Hall–Kier alpha value is -2.30. The fourth-order valence-corrected chi connectivity index (χ4v) is 3.10.